The molecule has 1 amide bonds. The lowest BCUT2D eigenvalue weighted by Gasteiger charge is -2.15. The second-order valence-electron chi connectivity index (χ2n) is 6.83. The summed E-state index contributed by atoms with van der Waals surface area (Å²) in [6, 6.07) is 10.2. The van der Waals surface area contributed by atoms with Crippen LogP contribution in [-0.2, 0) is 9.53 Å². The topological polar surface area (TPSA) is 86.1 Å². The number of esters is 1. The molecule has 0 saturated heterocycles. The van der Waals surface area contributed by atoms with Crippen LogP contribution in [0.2, 0.25) is 10.0 Å². The molecule has 3 aromatic rings. The monoisotopic (exact) mass is 446 g/mol. The average Bonchev–Trinajstić information content (AvgIpc) is 3.03. The van der Waals surface area contributed by atoms with Crippen molar-refractivity contribution in [3.05, 3.63) is 69.1 Å². The molecule has 156 valence electrons. The number of aromatic nitrogens is 3. The third-order valence-corrected chi connectivity index (χ3v) is 4.90. The first-order valence-corrected chi connectivity index (χ1v) is 9.89. The molecule has 0 aliphatic rings. The molecule has 0 saturated carbocycles. The highest BCUT2D eigenvalue weighted by molar-refractivity contribution is 6.33. The number of carbonyl (C=O) groups excluding carboxylic acids is 2. The number of nitrogens with zero attached hydrogens (tertiary/aromatic N) is 3. The Morgan fingerprint density at radius 3 is 2.50 bits per heavy atom. The Hall–Kier alpha value is -2.90. The van der Waals surface area contributed by atoms with Gasteiger partial charge in [0.15, 0.2) is 17.6 Å². The number of amides is 1. The third kappa shape index (κ3) is 4.80. The van der Waals surface area contributed by atoms with Crippen LogP contribution >= 0.6 is 23.2 Å². The number of hydrogen-bond donors (Lipinski definition) is 1. The molecule has 1 aromatic carbocycles. The molecular formula is C21H20Cl2N4O3. The Morgan fingerprint density at radius 1 is 1.10 bits per heavy atom. The van der Waals surface area contributed by atoms with Gasteiger partial charge in [0.1, 0.15) is 0 Å². The van der Waals surface area contributed by atoms with E-state index in [-0.39, 0.29) is 10.7 Å². The van der Waals surface area contributed by atoms with Crippen LogP contribution in [0.25, 0.3) is 5.82 Å². The maximum Gasteiger partial charge on any atom is 0.359 e. The van der Waals surface area contributed by atoms with Gasteiger partial charge in [-0.1, -0.05) is 29.3 Å². The molecule has 1 unspecified atom stereocenters. The summed E-state index contributed by atoms with van der Waals surface area (Å²) < 4.78 is 6.88. The van der Waals surface area contributed by atoms with Crippen molar-refractivity contribution in [2.75, 3.05) is 5.32 Å². The van der Waals surface area contributed by atoms with Gasteiger partial charge in [0.05, 0.1) is 10.7 Å². The third-order valence-electron chi connectivity index (χ3n) is 4.36. The molecule has 0 aliphatic heterocycles. The van der Waals surface area contributed by atoms with Crippen LogP contribution in [0.1, 0.15) is 34.4 Å². The Bertz CT molecular complexity index is 1130. The number of benzene rings is 1. The average molecular weight is 447 g/mol. The molecule has 1 N–H and O–H groups in total. The predicted octanol–water partition coefficient (Wildman–Crippen LogP) is 4.68. The summed E-state index contributed by atoms with van der Waals surface area (Å²) in [6.45, 7) is 7.03. The van der Waals surface area contributed by atoms with Crippen LogP contribution in [0, 0.1) is 20.8 Å². The Balaban J connectivity index is 1.76. The normalized spacial score (nSPS) is 11.8. The number of ether oxygens (including phenoxy) is 1. The molecule has 7 nitrogen and oxygen atoms in total. The van der Waals surface area contributed by atoms with E-state index in [0.29, 0.717) is 16.5 Å². The van der Waals surface area contributed by atoms with E-state index in [2.05, 4.69) is 15.4 Å². The van der Waals surface area contributed by atoms with E-state index >= 15 is 0 Å². The Kier molecular flexibility index (Phi) is 6.43. The second-order valence-corrected chi connectivity index (χ2v) is 7.68. The molecule has 1 atom stereocenters. The van der Waals surface area contributed by atoms with Crippen molar-refractivity contribution in [1.82, 2.24) is 14.8 Å². The van der Waals surface area contributed by atoms with Gasteiger partial charge < -0.3 is 10.1 Å². The van der Waals surface area contributed by atoms with Crippen molar-refractivity contribution in [1.29, 1.82) is 0 Å². The number of carbonyl (C=O) groups is 2. The second kappa shape index (κ2) is 8.85. The highest BCUT2D eigenvalue weighted by atomic mass is 35.5. The molecule has 0 bridgehead atoms. The minimum atomic E-state index is -1.08. The van der Waals surface area contributed by atoms with E-state index in [1.54, 1.807) is 28.9 Å². The maximum absolute atomic E-state index is 12.6. The molecule has 0 aliphatic carbocycles. The first kappa shape index (κ1) is 21.8. The van der Waals surface area contributed by atoms with Gasteiger partial charge in [-0.3, -0.25) is 4.79 Å². The summed E-state index contributed by atoms with van der Waals surface area (Å²) in [6.07, 6.45) is -1.08. The fourth-order valence-electron chi connectivity index (χ4n) is 2.79. The van der Waals surface area contributed by atoms with E-state index in [9.17, 15) is 9.59 Å². The fourth-order valence-corrected chi connectivity index (χ4v) is 3.14. The van der Waals surface area contributed by atoms with Gasteiger partial charge in [-0.15, -0.1) is 0 Å². The van der Waals surface area contributed by atoms with E-state index in [4.69, 9.17) is 27.9 Å². The quantitative estimate of drug-likeness (QED) is 0.574. The van der Waals surface area contributed by atoms with Crippen molar-refractivity contribution in [2.45, 2.75) is 33.8 Å². The van der Waals surface area contributed by atoms with Crippen molar-refractivity contribution in [3.63, 3.8) is 0 Å². The van der Waals surface area contributed by atoms with E-state index in [1.807, 2.05) is 26.8 Å². The lowest BCUT2D eigenvalue weighted by Crippen LogP contribution is -2.30. The zero-order valence-corrected chi connectivity index (χ0v) is 18.4. The van der Waals surface area contributed by atoms with Crippen molar-refractivity contribution >= 4 is 40.8 Å². The van der Waals surface area contributed by atoms with Gasteiger partial charge in [-0.25, -0.2) is 14.5 Å². The van der Waals surface area contributed by atoms with Crippen molar-refractivity contribution < 1.29 is 14.3 Å². The summed E-state index contributed by atoms with van der Waals surface area (Å²) in [5.41, 5.74) is 2.94. The first-order chi connectivity index (χ1) is 14.2. The van der Waals surface area contributed by atoms with Gasteiger partial charge >= 0.3 is 5.97 Å². The summed E-state index contributed by atoms with van der Waals surface area (Å²) in [5, 5.41) is 7.65. The zero-order chi connectivity index (χ0) is 22.0. The molecule has 3 rings (SSSR count). The highest BCUT2D eigenvalue weighted by Crippen LogP contribution is 2.22. The Labute approximate surface area is 184 Å². The smallest absolute Gasteiger partial charge is 0.359 e. The van der Waals surface area contributed by atoms with Crippen LogP contribution in [0.4, 0.5) is 5.69 Å². The molecule has 0 fully saturated rings. The lowest BCUT2D eigenvalue weighted by atomic mass is 10.2. The lowest BCUT2D eigenvalue weighted by molar-refractivity contribution is -0.123. The molecule has 2 aromatic heterocycles. The van der Waals surface area contributed by atoms with Crippen molar-refractivity contribution in [2.24, 2.45) is 0 Å². The minimum absolute atomic E-state index is 0.0969. The Morgan fingerprint density at radius 2 is 1.83 bits per heavy atom. The maximum atomic E-state index is 12.6. The predicted molar refractivity (Wildman–Crippen MR) is 116 cm³/mol. The summed E-state index contributed by atoms with van der Waals surface area (Å²) in [4.78, 5) is 29.4. The molecule has 9 heteroatoms. The number of rotatable bonds is 5. The summed E-state index contributed by atoms with van der Waals surface area (Å²) in [5.74, 6) is -0.892. The number of pyridine rings is 1. The highest BCUT2D eigenvalue weighted by Gasteiger charge is 2.23. The SMILES string of the molecule is Cc1cc(C)n(-c2ccc(Cl)c(C(=O)OC(C)C(=O)Nc3cc(Cl)ccc3C)n2)n1. The van der Waals surface area contributed by atoms with Gasteiger partial charge in [0.2, 0.25) is 0 Å². The largest absolute Gasteiger partial charge is 0.448 e. The van der Waals surface area contributed by atoms with Crippen LogP contribution in [0.5, 0.6) is 0 Å². The van der Waals surface area contributed by atoms with Gasteiger partial charge in [-0.05, 0) is 63.6 Å². The van der Waals surface area contributed by atoms with Crippen LogP contribution < -0.4 is 5.32 Å². The number of anilines is 1. The number of aryl methyl sites for hydroxylation is 3. The van der Waals surface area contributed by atoms with E-state index < -0.39 is 18.0 Å². The van der Waals surface area contributed by atoms with Crippen LogP contribution in [0.3, 0.4) is 0 Å². The first-order valence-electron chi connectivity index (χ1n) is 9.14. The van der Waals surface area contributed by atoms with Gasteiger partial charge in [-0.2, -0.15) is 5.10 Å². The van der Waals surface area contributed by atoms with Crippen LogP contribution in [-0.4, -0.2) is 32.7 Å². The minimum Gasteiger partial charge on any atom is -0.448 e. The standard InChI is InChI=1S/C21H20Cl2N4O3/c1-11-5-6-15(22)10-17(11)24-20(28)14(4)30-21(29)19-16(23)7-8-18(25-19)27-13(3)9-12(2)26-27/h5-10,14H,1-4H3,(H,24,28). The van der Waals surface area contributed by atoms with Crippen LogP contribution in [0.15, 0.2) is 36.4 Å². The summed E-state index contributed by atoms with van der Waals surface area (Å²) >= 11 is 12.1. The molecule has 30 heavy (non-hydrogen) atoms. The van der Waals surface area contributed by atoms with Gasteiger partial charge in [0.25, 0.3) is 5.91 Å². The molecule has 0 spiro atoms. The van der Waals surface area contributed by atoms with Crippen molar-refractivity contribution in [3.8, 4) is 5.82 Å². The van der Waals surface area contributed by atoms with E-state index in [0.717, 1.165) is 17.0 Å². The molecular weight excluding hydrogens is 427 g/mol. The molecule has 2 heterocycles. The zero-order valence-electron chi connectivity index (χ0n) is 16.9. The molecule has 0 radical (unpaired) electrons. The fraction of sp³-hybridized carbons (Fsp3) is 0.238. The summed E-state index contributed by atoms with van der Waals surface area (Å²) in [7, 11) is 0. The number of nitrogens with one attached hydrogen (secondary N) is 1. The number of hydrogen-bond acceptors (Lipinski definition) is 5. The van der Waals surface area contributed by atoms with Gasteiger partial charge in [0, 0.05) is 16.4 Å². The number of halogens is 2. The van der Waals surface area contributed by atoms with E-state index in [1.165, 1.54) is 13.0 Å².